The van der Waals surface area contributed by atoms with Gasteiger partial charge in [-0.2, -0.15) is 0 Å². The van der Waals surface area contributed by atoms with E-state index in [1.165, 1.54) is 19.2 Å². The van der Waals surface area contributed by atoms with Crippen molar-refractivity contribution in [3.05, 3.63) is 24.3 Å². The first-order chi connectivity index (χ1) is 7.86. The number of hydrogen-bond donors (Lipinski definition) is 2. The largest absolute Gasteiger partial charge is 0.497 e. The molecular weight excluding hydrogens is 244 g/mol. The van der Waals surface area contributed by atoms with Crippen LogP contribution in [0.5, 0.6) is 5.75 Å². The molecule has 0 saturated carbocycles. The second kappa shape index (κ2) is 5.15. The van der Waals surface area contributed by atoms with Crippen LogP contribution in [0.25, 0.3) is 0 Å². The molecule has 1 unspecified atom stereocenters. The summed E-state index contributed by atoms with van der Waals surface area (Å²) in [5, 5.41) is 0. The molecule has 1 aromatic rings. The van der Waals surface area contributed by atoms with Crippen molar-refractivity contribution >= 4 is 15.7 Å². The summed E-state index contributed by atoms with van der Waals surface area (Å²) >= 11 is 0. The van der Waals surface area contributed by atoms with Gasteiger partial charge in [-0.25, -0.2) is 8.42 Å². The van der Waals surface area contributed by atoms with Crippen molar-refractivity contribution < 1.29 is 17.9 Å². The normalized spacial score (nSPS) is 13.1. The van der Waals surface area contributed by atoms with Crippen molar-refractivity contribution in [2.75, 3.05) is 12.9 Å². The fourth-order valence-electron chi connectivity index (χ4n) is 1.21. The Bertz CT molecular complexity index is 513. The van der Waals surface area contributed by atoms with Crippen LogP contribution in [0.1, 0.15) is 0 Å². The minimum atomic E-state index is -3.64. The van der Waals surface area contributed by atoms with Crippen molar-refractivity contribution in [1.29, 1.82) is 0 Å². The molecule has 0 bridgehead atoms. The highest BCUT2D eigenvalue weighted by Gasteiger charge is 2.22. The summed E-state index contributed by atoms with van der Waals surface area (Å²) in [4.78, 5) is 10.8. The van der Waals surface area contributed by atoms with Gasteiger partial charge in [-0.3, -0.25) is 4.79 Å². The molecule has 0 aliphatic rings. The summed E-state index contributed by atoms with van der Waals surface area (Å²) in [6.45, 7) is 0. The number of methoxy groups -OCH3 is 1. The second-order valence-corrected chi connectivity index (χ2v) is 5.50. The molecule has 0 spiro atoms. The highest BCUT2D eigenvalue weighted by atomic mass is 32.2. The Kier molecular flexibility index (Phi) is 4.08. The van der Waals surface area contributed by atoms with E-state index in [2.05, 4.69) is 0 Å². The van der Waals surface area contributed by atoms with Crippen LogP contribution in [0.15, 0.2) is 29.2 Å². The van der Waals surface area contributed by atoms with Gasteiger partial charge in [-0.05, 0) is 18.2 Å². The third kappa shape index (κ3) is 3.43. The van der Waals surface area contributed by atoms with Crippen molar-refractivity contribution in [2.45, 2.75) is 10.9 Å². The van der Waals surface area contributed by atoms with E-state index in [0.29, 0.717) is 5.75 Å². The lowest BCUT2D eigenvalue weighted by atomic mass is 10.3. The van der Waals surface area contributed by atoms with Gasteiger partial charge in [0, 0.05) is 0 Å². The fraction of sp³-hybridized carbons (Fsp3) is 0.300. The molecule has 94 valence electrons. The molecule has 0 fully saturated rings. The summed E-state index contributed by atoms with van der Waals surface area (Å²) in [5.74, 6) is -0.953. The lowest BCUT2D eigenvalue weighted by Crippen LogP contribution is -2.41. The van der Waals surface area contributed by atoms with Crippen LogP contribution < -0.4 is 16.2 Å². The van der Waals surface area contributed by atoms with E-state index in [0.717, 1.165) is 0 Å². The van der Waals surface area contributed by atoms with E-state index in [1.54, 1.807) is 12.1 Å². The van der Waals surface area contributed by atoms with Gasteiger partial charge in [-0.1, -0.05) is 6.07 Å². The highest BCUT2D eigenvalue weighted by molar-refractivity contribution is 7.91. The van der Waals surface area contributed by atoms with E-state index < -0.39 is 27.5 Å². The number of nitrogens with two attached hydrogens (primary N) is 2. The Labute approximate surface area is 99.5 Å². The number of amides is 1. The predicted molar refractivity (Wildman–Crippen MR) is 62.2 cm³/mol. The molecule has 7 heteroatoms. The summed E-state index contributed by atoms with van der Waals surface area (Å²) in [5.41, 5.74) is 10.2. The van der Waals surface area contributed by atoms with Crippen molar-refractivity contribution in [3.8, 4) is 5.75 Å². The Morgan fingerprint density at radius 2 is 2.12 bits per heavy atom. The minimum absolute atomic E-state index is 0.0496. The van der Waals surface area contributed by atoms with Gasteiger partial charge in [0.25, 0.3) is 0 Å². The van der Waals surface area contributed by atoms with Crippen molar-refractivity contribution in [1.82, 2.24) is 0 Å². The molecule has 0 aliphatic heterocycles. The van der Waals surface area contributed by atoms with E-state index in [9.17, 15) is 13.2 Å². The molecule has 1 aromatic carbocycles. The number of carbonyl (C=O) groups excluding carboxylic acids is 1. The molecule has 6 nitrogen and oxygen atoms in total. The molecule has 0 heterocycles. The van der Waals surface area contributed by atoms with Crippen molar-refractivity contribution in [2.24, 2.45) is 11.5 Å². The highest BCUT2D eigenvalue weighted by Crippen LogP contribution is 2.18. The van der Waals surface area contributed by atoms with E-state index in [4.69, 9.17) is 16.2 Å². The second-order valence-electron chi connectivity index (χ2n) is 3.47. The number of sulfone groups is 1. The monoisotopic (exact) mass is 258 g/mol. The first-order valence-electron chi connectivity index (χ1n) is 4.78. The van der Waals surface area contributed by atoms with Crippen LogP contribution in [-0.4, -0.2) is 33.2 Å². The smallest absolute Gasteiger partial charge is 0.235 e. The SMILES string of the molecule is COc1cccc(S(=O)(=O)CC(N)C(N)=O)c1. The zero-order chi connectivity index (χ0) is 13.1. The lowest BCUT2D eigenvalue weighted by molar-refractivity contribution is -0.118. The number of carbonyl (C=O) groups is 1. The van der Waals surface area contributed by atoms with Gasteiger partial charge in [0.15, 0.2) is 9.84 Å². The summed E-state index contributed by atoms with van der Waals surface area (Å²) < 4.78 is 28.7. The molecule has 0 saturated heterocycles. The third-order valence-corrected chi connectivity index (χ3v) is 3.93. The van der Waals surface area contributed by atoms with Crippen LogP contribution in [-0.2, 0) is 14.6 Å². The van der Waals surface area contributed by atoms with Gasteiger partial charge in [0.05, 0.1) is 23.8 Å². The lowest BCUT2D eigenvalue weighted by Gasteiger charge is -2.09. The maximum Gasteiger partial charge on any atom is 0.235 e. The van der Waals surface area contributed by atoms with Gasteiger partial charge < -0.3 is 16.2 Å². The maximum absolute atomic E-state index is 11.9. The topological polar surface area (TPSA) is 112 Å². The average molecular weight is 258 g/mol. The molecule has 4 N–H and O–H groups in total. The number of benzene rings is 1. The standard InChI is InChI=1S/C10H14N2O4S/c1-16-7-3-2-4-8(5-7)17(14,15)6-9(11)10(12)13/h2-5,9H,6,11H2,1H3,(H2,12,13). The van der Waals surface area contributed by atoms with Crippen LogP contribution in [0.4, 0.5) is 0 Å². The van der Waals surface area contributed by atoms with Crippen molar-refractivity contribution in [3.63, 3.8) is 0 Å². The van der Waals surface area contributed by atoms with Crippen LogP contribution in [0, 0.1) is 0 Å². The molecule has 1 atom stereocenters. The van der Waals surface area contributed by atoms with Gasteiger partial charge >= 0.3 is 0 Å². The minimum Gasteiger partial charge on any atom is -0.497 e. The molecule has 0 radical (unpaired) electrons. The molecule has 1 rings (SSSR count). The van der Waals surface area contributed by atoms with E-state index in [1.807, 2.05) is 0 Å². The van der Waals surface area contributed by atoms with Gasteiger partial charge in [0.1, 0.15) is 5.75 Å². The third-order valence-electron chi connectivity index (χ3n) is 2.16. The zero-order valence-electron chi connectivity index (χ0n) is 9.29. The van der Waals surface area contributed by atoms with Crippen LogP contribution in [0.2, 0.25) is 0 Å². The Morgan fingerprint density at radius 1 is 1.47 bits per heavy atom. The number of hydrogen-bond acceptors (Lipinski definition) is 5. The Morgan fingerprint density at radius 3 is 2.65 bits per heavy atom. The van der Waals surface area contributed by atoms with Crippen LogP contribution >= 0.6 is 0 Å². The first-order valence-corrected chi connectivity index (χ1v) is 6.44. The predicted octanol–water partition coefficient (Wildman–Crippen LogP) is -0.718. The summed E-state index contributed by atoms with van der Waals surface area (Å²) in [7, 11) is -2.21. The van der Waals surface area contributed by atoms with E-state index in [-0.39, 0.29) is 4.90 Å². The van der Waals surface area contributed by atoms with Crippen LogP contribution in [0.3, 0.4) is 0 Å². The molecular formula is C10H14N2O4S. The maximum atomic E-state index is 11.9. The average Bonchev–Trinajstić information content (AvgIpc) is 2.28. The first kappa shape index (κ1) is 13.5. The Hall–Kier alpha value is -1.60. The quantitative estimate of drug-likeness (QED) is 0.723. The molecule has 0 aliphatic carbocycles. The number of primary amides is 1. The summed E-state index contributed by atoms with van der Waals surface area (Å²) in [6.07, 6.45) is 0. The van der Waals surface area contributed by atoms with Gasteiger partial charge in [-0.15, -0.1) is 0 Å². The molecule has 0 aromatic heterocycles. The number of rotatable bonds is 5. The van der Waals surface area contributed by atoms with E-state index >= 15 is 0 Å². The molecule has 17 heavy (non-hydrogen) atoms. The fourth-order valence-corrected chi connectivity index (χ4v) is 2.62. The Balaban J connectivity index is 3.01. The van der Waals surface area contributed by atoms with Gasteiger partial charge in [0.2, 0.25) is 5.91 Å². The number of ether oxygens (including phenoxy) is 1. The summed E-state index contributed by atoms with van der Waals surface area (Å²) in [6, 6.07) is 4.72. The zero-order valence-corrected chi connectivity index (χ0v) is 10.1. The molecule has 1 amide bonds.